The summed E-state index contributed by atoms with van der Waals surface area (Å²) in [6.45, 7) is 17.4. The Morgan fingerprint density at radius 3 is 1.73 bits per heavy atom. The van der Waals surface area contributed by atoms with Crippen molar-refractivity contribution >= 4 is 13.3 Å². The fourth-order valence-electron chi connectivity index (χ4n) is 3.07. The van der Waals surface area contributed by atoms with E-state index in [-0.39, 0.29) is 10.8 Å². The number of ether oxygens (including phenoxy) is 1. The second-order valence-electron chi connectivity index (χ2n) is 9.91. The number of aromatic hydroxyl groups is 1. The van der Waals surface area contributed by atoms with Gasteiger partial charge in [-0.15, -0.1) is 0 Å². The zero-order valence-electron chi connectivity index (χ0n) is 17.6. The van der Waals surface area contributed by atoms with Gasteiger partial charge >= 0.3 is 0 Å². The molecule has 3 heteroatoms. The molecule has 1 N–H and O–H groups in total. The first-order valence-corrected chi connectivity index (χ1v) is 12.6. The van der Waals surface area contributed by atoms with Gasteiger partial charge in [0.1, 0.15) is 19.6 Å². The summed E-state index contributed by atoms with van der Waals surface area (Å²) in [5.74, 6) is 1.26. The van der Waals surface area contributed by atoms with Crippen molar-refractivity contribution in [3.63, 3.8) is 0 Å². The van der Waals surface area contributed by atoms with Crippen LogP contribution >= 0.6 is 0 Å². The maximum absolute atomic E-state index is 10.8. The third kappa shape index (κ3) is 4.70. The van der Waals surface area contributed by atoms with Gasteiger partial charge in [0, 0.05) is 11.1 Å². The zero-order valence-corrected chi connectivity index (χ0v) is 18.6. The van der Waals surface area contributed by atoms with Crippen LogP contribution in [0.1, 0.15) is 52.7 Å². The van der Waals surface area contributed by atoms with Gasteiger partial charge in [-0.25, -0.2) is 0 Å². The number of hydrogen-bond acceptors (Lipinski definition) is 2. The molecule has 0 amide bonds. The third-order valence-corrected chi connectivity index (χ3v) is 7.62. The Labute approximate surface area is 160 Å². The molecule has 2 aromatic rings. The zero-order chi connectivity index (χ0) is 19.8. The molecule has 0 aliphatic rings. The molecule has 0 radical (unpaired) electrons. The lowest BCUT2D eigenvalue weighted by atomic mass is 9.79. The molecular formula is C23H34O2Si. The first-order chi connectivity index (χ1) is 11.8. The monoisotopic (exact) mass is 370 g/mol. The Balaban J connectivity index is 2.38. The van der Waals surface area contributed by atoms with Crippen molar-refractivity contribution in [2.24, 2.45) is 0 Å². The average molecular weight is 371 g/mol. The lowest BCUT2D eigenvalue weighted by molar-refractivity contribution is 0.369. The highest BCUT2D eigenvalue weighted by atomic mass is 28.3. The Kier molecular flexibility index (Phi) is 5.62. The fraction of sp³-hybridized carbons (Fsp3) is 0.478. The molecular weight excluding hydrogens is 336 g/mol. The molecule has 2 rings (SSSR count). The quantitative estimate of drug-likeness (QED) is 0.718. The van der Waals surface area contributed by atoms with Gasteiger partial charge in [-0.1, -0.05) is 90.2 Å². The van der Waals surface area contributed by atoms with Crippen molar-refractivity contribution < 1.29 is 9.84 Å². The van der Waals surface area contributed by atoms with Crippen LogP contribution in [-0.2, 0) is 10.8 Å². The van der Waals surface area contributed by atoms with Crippen LogP contribution < -0.4 is 9.92 Å². The van der Waals surface area contributed by atoms with Crippen LogP contribution in [0.2, 0.25) is 13.1 Å². The molecule has 2 nitrogen and oxygen atoms in total. The van der Waals surface area contributed by atoms with E-state index in [0.29, 0.717) is 5.75 Å². The summed E-state index contributed by atoms with van der Waals surface area (Å²) in [6.07, 6.45) is 0.717. The Morgan fingerprint density at radius 2 is 1.31 bits per heavy atom. The van der Waals surface area contributed by atoms with Crippen molar-refractivity contribution in [2.75, 3.05) is 6.23 Å². The SMILES string of the molecule is CC(C)(C)c1cc(OC[Si](C)(C)c2ccccc2)cc(C(C)(C)C)c1O. The van der Waals surface area contributed by atoms with E-state index in [0.717, 1.165) is 23.1 Å². The Morgan fingerprint density at radius 1 is 0.846 bits per heavy atom. The average Bonchev–Trinajstić information content (AvgIpc) is 2.52. The van der Waals surface area contributed by atoms with Crippen molar-refractivity contribution in [1.29, 1.82) is 0 Å². The Bertz CT molecular complexity index is 715. The molecule has 0 saturated heterocycles. The van der Waals surface area contributed by atoms with Gasteiger partial charge in [-0.3, -0.25) is 0 Å². The minimum absolute atomic E-state index is 0.143. The lowest BCUT2D eigenvalue weighted by Crippen LogP contribution is -2.47. The summed E-state index contributed by atoms with van der Waals surface area (Å²) < 4.78 is 6.30. The molecule has 0 saturated carbocycles. The van der Waals surface area contributed by atoms with E-state index in [9.17, 15) is 5.11 Å². The maximum Gasteiger partial charge on any atom is 0.124 e. The highest BCUT2D eigenvalue weighted by molar-refractivity contribution is 6.89. The summed E-state index contributed by atoms with van der Waals surface area (Å²) in [6, 6.07) is 14.7. The highest BCUT2D eigenvalue weighted by Crippen LogP contribution is 2.41. The smallest absolute Gasteiger partial charge is 0.124 e. The Hall–Kier alpha value is -1.74. The van der Waals surface area contributed by atoms with Crippen LogP contribution in [0.25, 0.3) is 0 Å². The van der Waals surface area contributed by atoms with E-state index >= 15 is 0 Å². The molecule has 0 aromatic heterocycles. The number of hydrogen-bond donors (Lipinski definition) is 1. The van der Waals surface area contributed by atoms with Gasteiger partial charge in [0.15, 0.2) is 0 Å². The van der Waals surface area contributed by atoms with Gasteiger partial charge in [0.05, 0.1) is 6.23 Å². The first kappa shape index (κ1) is 20.6. The molecule has 142 valence electrons. The largest absolute Gasteiger partial charge is 0.507 e. The van der Waals surface area contributed by atoms with Gasteiger partial charge in [-0.05, 0) is 23.0 Å². The summed E-state index contributed by atoms with van der Waals surface area (Å²) in [5.41, 5.74) is 1.60. The molecule has 0 fully saturated rings. The first-order valence-electron chi connectivity index (χ1n) is 9.39. The van der Waals surface area contributed by atoms with E-state index < -0.39 is 8.07 Å². The van der Waals surface area contributed by atoms with E-state index in [1.807, 2.05) is 12.1 Å². The predicted molar refractivity (Wildman–Crippen MR) is 115 cm³/mol. The molecule has 0 spiro atoms. The fourth-order valence-corrected chi connectivity index (χ4v) is 4.86. The molecule has 0 atom stereocenters. The lowest BCUT2D eigenvalue weighted by Gasteiger charge is -2.29. The molecule has 0 heterocycles. The van der Waals surface area contributed by atoms with E-state index in [1.165, 1.54) is 5.19 Å². The van der Waals surface area contributed by atoms with Crippen molar-refractivity contribution in [3.8, 4) is 11.5 Å². The predicted octanol–water partition coefficient (Wildman–Crippen LogP) is 5.52. The third-order valence-electron chi connectivity index (χ3n) is 4.85. The summed E-state index contributed by atoms with van der Waals surface area (Å²) in [5, 5.41) is 12.2. The second-order valence-corrected chi connectivity index (χ2v) is 14.5. The summed E-state index contributed by atoms with van der Waals surface area (Å²) >= 11 is 0. The van der Waals surface area contributed by atoms with Crippen LogP contribution in [0.4, 0.5) is 0 Å². The number of phenols is 1. The molecule has 0 aliphatic carbocycles. The number of benzene rings is 2. The standard InChI is InChI=1S/C23H34O2Si/c1-22(2,3)19-14-17(15-20(21(19)24)23(4,5)6)25-16-26(7,8)18-12-10-9-11-13-18/h9-15,24H,16H2,1-8H3. The topological polar surface area (TPSA) is 29.5 Å². The van der Waals surface area contributed by atoms with E-state index in [4.69, 9.17) is 4.74 Å². The van der Waals surface area contributed by atoms with E-state index in [1.54, 1.807) is 0 Å². The molecule has 0 bridgehead atoms. The van der Waals surface area contributed by atoms with Crippen LogP contribution in [0.15, 0.2) is 42.5 Å². The van der Waals surface area contributed by atoms with Crippen LogP contribution in [-0.4, -0.2) is 19.4 Å². The normalized spacial score (nSPS) is 12.9. The summed E-state index contributed by atoms with van der Waals surface area (Å²) in [7, 11) is -1.69. The van der Waals surface area contributed by atoms with Crippen LogP contribution in [0.3, 0.4) is 0 Å². The van der Waals surface area contributed by atoms with Crippen molar-refractivity contribution in [2.45, 2.75) is 65.5 Å². The number of rotatable bonds is 4. The maximum atomic E-state index is 10.8. The van der Waals surface area contributed by atoms with Gasteiger partial charge in [0.25, 0.3) is 0 Å². The van der Waals surface area contributed by atoms with Crippen LogP contribution in [0, 0.1) is 0 Å². The minimum atomic E-state index is -1.69. The second kappa shape index (κ2) is 7.11. The van der Waals surface area contributed by atoms with Crippen molar-refractivity contribution in [3.05, 3.63) is 53.6 Å². The van der Waals surface area contributed by atoms with Crippen LogP contribution in [0.5, 0.6) is 11.5 Å². The highest BCUT2D eigenvalue weighted by Gasteiger charge is 2.28. The van der Waals surface area contributed by atoms with Crippen molar-refractivity contribution in [1.82, 2.24) is 0 Å². The van der Waals surface area contributed by atoms with Gasteiger partial charge < -0.3 is 9.84 Å². The van der Waals surface area contributed by atoms with E-state index in [2.05, 4.69) is 85.0 Å². The van der Waals surface area contributed by atoms with Gasteiger partial charge in [-0.2, -0.15) is 0 Å². The molecule has 0 aliphatic heterocycles. The summed E-state index contributed by atoms with van der Waals surface area (Å²) in [4.78, 5) is 0. The number of phenolic OH excluding ortho intramolecular Hbond substituents is 1. The van der Waals surface area contributed by atoms with Gasteiger partial charge in [0.2, 0.25) is 0 Å². The molecule has 26 heavy (non-hydrogen) atoms. The minimum Gasteiger partial charge on any atom is -0.507 e. The molecule has 0 unspecified atom stereocenters. The molecule has 2 aromatic carbocycles.